The molecule has 0 unspecified atom stereocenters. The third-order valence-corrected chi connectivity index (χ3v) is 13.9. The van der Waals surface area contributed by atoms with Gasteiger partial charge in [0.15, 0.2) is 0 Å². The van der Waals surface area contributed by atoms with Crippen LogP contribution in [0.2, 0.25) is 0 Å². The van der Waals surface area contributed by atoms with Crippen molar-refractivity contribution < 1.29 is 43.1 Å². The Morgan fingerprint density at radius 2 is 0.726 bits per heavy atom. The minimum Gasteiger partial charge on any atom is -0.467 e. The lowest BCUT2D eigenvalue weighted by atomic mass is 9.89. The van der Waals surface area contributed by atoms with Gasteiger partial charge in [-0.2, -0.15) is 0 Å². The molecule has 420 valence electrons. The largest absolute Gasteiger partial charge is 0.467 e. The lowest BCUT2D eigenvalue weighted by Crippen LogP contribution is -2.69. The van der Waals surface area contributed by atoms with Gasteiger partial charge in [-0.05, 0) is 66.7 Å². The molecule has 0 bridgehead atoms. The van der Waals surface area contributed by atoms with E-state index in [1.165, 1.54) is 14.0 Å². The summed E-state index contributed by atoms with van der Waals surface area (Å²) in [5.41, 5.74) is -7.37. The van der Waals surface area contributed by atoms with Gasteiger partial charge in [0.05, 0.1) is 7.11 Å². The second-order valence-electron chi connectivity index (χ2n) is 21.1. The van der Waals surface area contributed by atoms with Gasteiger partial charge in [-0.25, -0.2) is 4.79 Å². The Bertz CT molecular complexity index is 1790. The molecular formula is C51H97N13O9. The summed E-state index contributed by atoms with van der Waals surface area (Å²) in [7, 11) is 1.25. The number of nitrogens with zero attached hydrogens (tertiary/aromatic N) is 2. The predicted molar refractivity (Wildman–Crippen MR) is 283 cm³/mol. The number of carbonyl (C=O) groups excluding carboxylic acids is 8. The van der Waals surface area contributed by atoms with Crippen LogP contribution in [-0.4, -0.2) is 196 Å². The van der Waals surface area contributed by atoms with E-state index in [0.717, 1.165) is 26.2 Å². The maximum atomic E-state index is 14.9. The van der Waals surface area contributed by atoms with E-state index in [0.29, 0.717) is 97.3 Å². The molecule has 2 heterocycles. The Hall–Kier alpha value is -4.48. The molecule has 22 heteroatoms. The Morgan fingerprint density at radius 3 is 1.03 bits per heavy atom. The number of methoxy groups -OCH3 is 1. The highest BCUT2D eigenvalue weighted by molar-refractivity contribution is 6.01. The van der Waals surface area contributed by atoms with Crippen LogP contribution in [0.15, 0.2) is 0 Å². The third kappa shape index (κ3) is 20.6. The molecule has 7 atom stereocenters. The fraction of sp³-hybridized carbons (Fsp3) is 0.843. The molecular weight excluding hydrogens is 939 g/mol. The summed E-state index contributed by atoms with van der Waals surface area (Å²) in [5, 5.41) is 33.9. The van der Waals surface area contributed by atoms with Crippen LogP contribution in [0.1, 0.15) is 140 Å². The number of hydrogen-bond donors (Lipinski definition) is 11. The summed E-state index contributed by atoms with van der Waals surface area (Å²) in [6.45, 7) is 26.8. The van der Waals surface area contributed by atoms with E-state index in [9.17, 15) is 38.4 Å². The van der Waals surface area contributed by atoms with Crippen molar-refractivity contribution in [3.8, 4) is 0 Å². The highest BCUT2D eigenvalue weighted by Gasteiger charge is 2.46. The topological polar surface area (TPSA) is 285 Å². The van der Waals surface area contributed by atoms with Crippen molar-refractivity contribution >= 4 is 47.3 Å². The van der Waals surface area contributed by atoms with Gasteiger partial charge in [0, 0.05) is 98.6 Å². The van der Waals surface area contributed by atoms with E-state index < -0.39 is 87.1 Å². The molecule has 73 heavy (non-hydrogen) atoms. The number of amides is 7. The second kappa shape index (κ2) is 31.4. The van der Waals surface area contributed by atoms with Gasteiger partial charge in [-0.3, -0.25) is 43.4 Å². The summed E-state index contributed by atoms with van der Waals surface area (Å²) >= 11 is 0. The molecule has 22 nitrogen and oxygen atoms in total. The molecule has 2 fully saturated rings. The van der Waals surface area contributed by atoms with Gasteiger partial charge in [0.1, 0.15) is 39.8 Å². The third-order valence-electron chi connectivity index (χ3n) is 13.9. The van der Waals surface area contributed by atoms with Crippen molar-refractivity contribution in [3.05, 3.63) is 0 Å². The fourth-order valence-electron chi connectivity index (χ4n) is 9.69. The van der Waals surface area contributed by atoms with E-state index in [2.05, 4.69) is 63.4 Å². The zero-order chi connectivity index (χ0) is 54.9. The second-order valence-corrected chi connectivity index (χ2v) is 21.1. The molecule has 0 aromatic heterocycles. The van der Waals surface area contributed by atoms with E-state index in [-0.39, 0.29) is 32.4 Å². The SMILES string of the molecule is CCC[C@](C)(NC(C)=O)C(=O)N[C@@H](CN1CCNCCNCC1)C(=O)N[C@@](C)(CCC)C(=O)N[C@@](C)(CCC)C(=O)N[C@@H](CN1CCNCCNCC1)C(=O)N[C@@](C)(CCC)C(=O)N[C@@](C)(CCC)C(=O)OC. The number of hydrogen-bond acceptors (Lipinski definition) is 15. The highest BCUT2D eigenvalue weighted by atomic mass is 16.5. The minimum atomic E-state index is -1.61. The van der Waals surface area contributed by atoms with E-state index in [1.807, 2.05) is 39.5 Å². The van der Waals surface area contributed by atoms with Crippen molar-refractivity contribution in [2.24, 2.45) is 0 Å². The monoisotopic (exact) mass is 1040 g/mol. The van der Waals surface area contributed by atoms with Crippen molar-refractivity contribution in [1.29, 1.82) is 0 Å². The smallest absolute Gasteiger partial charge is 0.331 e. The number of nitrogens with one attached hydrogen (secondary N) is 11. The van der Waals surface area contributed by atoms with Gasteiger partial charge in [-0.15, -0.1) is 0 Å². The molecule has 7 amide bonds. The average molecular weight is 1040 g/mol. The highest BCUT2D eigenvalue weighted by Crippen LogP contribution is 2.22. The first kappa shape index (κ1) is 64.6. The molecule has 0 aromatic rings. The van der Waals surface area contributed by atoms with Gasteiger partial charge < -0.3 is 63.2 Å². The van der Waals surface area contributed by atoms with E-state index in [1.54, 1.807) is 34.6 Å². The molecule has 2 saturated heterocycles. The molecule has 0 radical (unpaired) electrons. The van der Waals surface area contributed by atoms with Crippen LogP contribution in [0.5, 0.6) is 0 Å². The van der Waals surface area contributed by atoms with Crippen molar-refractivity contribution in [2.75, 3.05) is 98.7 Å². The van der Waals surface area contributed by atoms with Crippen molar-refractivity contribution in [1.82, 2.24) is 68.3 Å². The van der Waals surface area contributed by atoms with Gasteiger partial charge in [0.25, 0.3) is 0 Å². The summed E-state index contributed by atoms with van der Waals surface area (Å²) in [5.74, 6) is -4.67. The van der Waals surface area contributed by atoms with E-state index in [4.69, 9.17) is 4.74 Å². The van der Waals surface area contributed by atoms with Crippen LogP contribution in [0.25, 0.3) is 0 Å². The lowest BCUT2D eigenvalue weighted by Gasteiger charge is -2.39. The van der Waals surface area contributed by atoms with Crippen LogP contribution in [0.4, 0.5) is 0 Å². The summed E-state index contributed by atoms with van der Waals surface area (Å²) < 4.78 is 5.05. The molecule has 0 saturated carbocycles. The standard InChI is InChI=1S/C51H97N13O9/c1-13-18-47(7,58-37(6)65)42(68)56-38(35-63-31-27-52-23-24-53-28-32-63)40(66)59-49(9,20-15-3)44(70)61-48(8,19-14-2)43(69)57-39(36-64-33-29-54-25-26-55-30-34-64)41(67)60-50(10,21-16-4)45(71)62-51(11,22-17-5)46(72)73-12/h38-39,52-55H,13-36H2,1-12H3,(H,56,68)(H,57,69)(H,58,65)(H,59,66)(H,60,67)(H,61,70)(H,62,71)/t38-,39-,47-,48-,49-,50-,51-/m0/s1. The quantitative estimate of drug-likeness (QED) is 0.0442. The Morgan fingerprint density at radius 1 is 0.438 bits per heavy atom. The maximum absolute atomic E-state index is 14.9. The number of carbonyl (C=O) groups is 8. The van der Waals surface area contributed by atoms with Crippen LogP contribution in [-0.2, 0) is 43.1 Å². The predicted octanol–water partition coefficient (Wildman–Crippen LogP) is -0.487. The van der Waals surface area contributed by atoms with Crippen LogP contribution >= 0.6 is 0 Å². The van der Waals surface area contributed by atoms with Gasteiger partial charge >= 0.3 is 5.97 Å². The summed E-state index contributed by atoms with van der Waals surface area (Å²) in [4.78, 5) is 117. The van der Waals surface area contributed by atoms with Gasteiger partial charge in [-0.1, -0.05) is 66.7 Å². The molecule has 2 aliphatic rings. The first-order valence-electron chi connectivity index (χ1n) is 27.0. The number of rotatable bonds is 28. The molecule has 0 spiro atoms. The Labute approximate surface area is 436 Å². The average Bonchev–Trinajstić information content (AvgIpc) is 3.54. The summed E-state index contributed by atoms with van der Waals surface area (Å²) in [6.07, 6.45) is 3.70. The van der Waals surface area contributed by atoms with Crippen LogP contribution < -0.4 is 58.5 Å². The zero-order valence-corrected chi connectivity index (χ0v) is 46.7. The Balaban J connectivity index is 2.59. The van der Waals surface area contributed by atoms with Crippen molar-refractivity contribution in [2.45, 2.75) is 180 Å². The normalized spacial score (nSPS) is 20.3. The van der Waals surface area contributed by atoms with Crippen molar-refractivity contribution in [3.63, 3.8) is 0 Å². The molecule has 11 N–H and O–H groups in total. The minimum absolute atomic E-state index is 0.0652. The van der Waals surface area contributed by atoms with Crippen LogP contribution in [0, 0.1) is 0 Å². The summed E-state index contributed by atoms with van der Waals surface area (Å²) in [6, 6.07) is -2.36. The molecule has 2 rings (SSSR count). The first-order valence-corrected chi connectivity index (χ1v) is 27.0. The Kier molecular flexibility index (Phi) is 27.8. The fourth-order valence-corrected chi connectivity index (χ4v) is 9.69. The zero-order valence-electron chi connectivity index (χ0n) is 46.7. The van der Waals surface area contributed by atoms with Crippen LogP contribution in [0.3, 0.4) is 0 Å². The first-order chi connectivity index (χ1) is 34.4. The number of esters is 1. The lowest BCUT2D eigenvalue weighted by molar-refractivity contribution is -0.151. The molecule has 0 aromatic carbocycles. The maximum Gasteiger partial charge on any atom is 0.331 e. The van der Waals surface area contributed by atoms with Gasteiger partial charge in [0.2, 0.25) is 41.4 Å². The number of ether oxygens (including phenoxy) is 1. The van der Waals surface area contributed by atoms with E-state index >= 15 is 0 Å². The molecule has 0 aliphatic carbocycles. The molecule has 2 aliphatic heterocycles.